The van der Waals surface area contributed by atoms with Gasteiger partial charge in [-0.1, -0.05) is 43.7 Å². The summed E-state index contributed by atoms with van der Waals surface area (Å²) in [5.74, 6) is 2.56. The summed E-state index contributed by atoms with van der Waals surface area (Å²) < 4.78 is 0. The van der Waals surface area contributed by atoms with Gasteiger partial charge in [0, 0.05) is 42.3 Å². The van der Waals surface area contributed by atoms with Crippen molar-refractivity contribution in [3.63, 3.8) is 0 Å². The molecule has 1 aliphatic heterocycles. The molecule has 0 bridgehead atoms. The van der Waals surface area contributed by atoms with Gasteiger partial charge in [0.25, 0.3) is 0 Å². The molecule has 0 saturated carbocycles. The topological polar surface area (TPSA) is 101 Å². The highest BCUT2D eigenvalue weighted by atomic mass is 35.5. The zero-order chi connectivity index (χ0) is 25.4. The molecule has 5 heterocycles. The standard InChI is InChI=1S/C28H27ClN8/c1-28(2)16-30-11-9-22(28)35-27-24-19(17-5-3-6-17)14-31-15-21(24)34-25(37-27)18-8-12-32-23(13-18)36-26-20(29)7-4-10-33-26/h3-8,10,12-15,22,30H,9,11,16H2,1-2H3,(H,32,33,36)(H,34,35,37)/t22-/m0/s1. The molecule has 0 aromatic carbocycles. The Morgan fingerprint density at radius 1 is 1.08 bits per heavy atom. The summed E-state index contributed by atoms with van der Waals surface area (Å²) in [7, 11) is 0. The lowest BCUT2D eigenvalue weighted by molar-refractivity contribution is 0.236. The van der Waals surface area contributed by atoms with Crippen molar-refractivity contribution in [3.8, 4) is 11.4 Å². The molecule has 1 saturated heterocycles. The maximum Gasteiger partial charge on any atom is 0.162 e. The lowest BCUT2D eigenvalue weighted by Crippen LogP contribution is -2.49. The number of aromatic nitrogens is 5. The van der Waals surface area contributed by atoms with Crippen molar-refractivity contribution in [3.05, 3.63) is 77.9 Å². The second-order valence-corrected chi connectivity index (χ2v) is 10.4. The Labute approximate surface area is 220 Å². The number of pyridine rings is 3. The highest BCUT2D eigenvalue weighted by Crippen LogP contribution is 2.36. The monoisotopic (exact) mass is 510 g/mol. The van der Waals surface area contributed by atoms with Gasteiger partial charge in [0.15, 0.2) is 5.82 Å². The van der Waals surface area contributed by atoms with E-state index in [-0.39, 0.29) is 11.5 Å². The minimum Gasteiger partial charge on any atom is -0.366 e. The van der Waals surface area contributed by atoms with Crippen molar-refractivity contribution in [1.82, 2.24) is 30.2 Å². The summed E-state index contributed by atoms with van der Waals surface area (Å²) in [6, 6.07) is 7.63. The van der Waals surface area contributed by atoms with Gasteiger partial charge in [0.05, 0.1) is 22.1 Å². The third-order valence-electron chi connectivity index (χ3n) is 6.94. The number of nitrogens with zero attached hydrogens (tertiary/aromatic N) is 5. The van der Waals surface area contributed by atoms with E-state index in [0.29, 0.717) is 22.5 Å². The third kappa shape index (κ3) is 4.65. The summed E-state index contributed by atoms with van der Waals surface area (Å²) in [5.41, 5.74) is 3.84. The molecule has 4 aromatic rings. The molecule has 0 unspecified atom stereocenters. The fourth-order valence-electron chi connectivity index (χ4n) is 4.75. The number of rotatable bonds is 6. The fourth-order valence-corrected chi connectivity index (χ4v) is 4.92. The number of fused-ring (bicyclic) bond motifs is 1. The van der Waals surface area contributed by atoms with E-state index in [1.165, 1.54) is 0 Å². The average Bonchev–Trinajstić information content (AvgIpc) is 2.86. The predicted molar refractivity (Wildman–Crippen MR) is 149 cm³/mol. The summed E-state index contributed by atoms with van der Waals surface area (Å²) in [6.45, 7) is 6.47. The zero-order valence-electron chi connectivity index (χ0n) is 20.7. The molecule has 3 N–H and O–H groups in total. The van der Waals surface area contributed by atoms with Gasteiger partial charge in [-0.15, -0.1) is 0 Å². The van der Waals surface area contributed by atoms with Gasteiger partial charge in [-0.3, -0.25) is 4.98 Å². The number of hydrogen-bond donors (Lipinski definition) is 3. The van der Waals surface area contributed by atoms with E-state index in [2.05, 4.69) is 56.9 Å². The molecule has 9 heteroatoms. The summed E-state index contributed by atoms with van der Waals surface area (Å²) in [5, 5.41) is 12.0. The van der Waals surface area contributed by atoms with Crippen LogP contribution in [0.1, 0.15) is 25.8 Å². The maximum absolute atomic E-state index is 6.28. The number of nitrogens with one attached hydrogen (secondary N) is 3. The molecule has 1 atom stereocenters. The second kappa shape index (κ2) is 9.53. The van der Waals surface area contributed by atoms with Crippen LogP contribution in [0.2, 0.25) is 5.02 Å². The average molecular weight is 511 g/mol. The van der Waals surface area contributed by atoms with E-state index >= 15 is 0 Å². The lowest BCUT2D eigenvalue weighted by atomic mass is 9.80. The first-order valence-corrected chi connectivity index (χ1v) is 12.7. The first-order chi connectivity index (χ1) is 18.0. The highest BCUT2D eigenvalue weighted by Gasteiger charge is 2.33. The van der Waals surface area contributed by atoms with Gasteiger partial charge in [-0.2, -0.15) is 0 Å². The van der Waals surface area contributed by atoms with Gasteiger partial charge < -0.3 is 16.0 Å². The molecule has 1 fully saturated rings. The van der Waals surface area contributed by atoms with E-state index in [9.17, 15) is 0 Å². The fraction of sp³-hybridized carbons (Fsp3) is 0.250. The maximum atomic E-state index is 6.28. The molecule has 8 nitrogen and oxygen atoms in total. The van der Waals surface area contributed by atoms with E-state index in [1.54, 1.807) is 30.7 Å². The number of anilines is 3. The second-order valence-electron chi connectivity index (χ2n) is 10.00. The Kier molecular flexibility index (Phi) is 6.06. The van der Waals surface area contributed by atoms with Crippen molar-refractivity contribution in [2.75, 3.05) is 23.7 Å². The Bertz CT molecular complexity index is 1540. The van der Waals surface area contributed by atoms with Gasteiger partial charge >= 0.3 is 0 Å². The molecule has 1 aliphatic carbocycles. The molecular formula is C28H27ClN8. The van der Waals surface area contributed by atoms with Crippen molar-refractivity contribution >= 4 is 45.5 Å². The summed E-state index contributed by atoms with van der Waals surface area (Å²) in [6.07, 6.45) is 14.3. The van der Waals surface area contributed by atoms with Crippen LogP contribution in [0.4, 0.5) is 17.5 Å². The Hall–Kier alpha value is -3.88. The summed E-state index contributed by atoms with van der Waals surface area (Å²) in [4.78, 5) is 23.2. The largest absolute Gasteiger partial charge is 0.366 e. The van der Waals surface area contributed by atoms with Crippen LogP contribution in [0, 0.1) is 5.41 Å². The van der Waals surface area contributed by atoms with Crippen LogP contribution < -0.4 is 16.0 Å². The quantitative estimate of drug-likeness (QED) is 0.307. The van der Waals surface area contributed by atoms with Crippen molar-refractivity contribution in [2.45, 2.75) is 26.3 Å². The van der Waals surface area contributed by atoms with Crippen molar-refractivity contribution in [2.24, 2.45) is 5.41 Å². The zero-order valence-corrected chi connectivity index (χ0v) is 21.4. The first kappa shape index (κ1) is 23.5. The molecule has 37 heavy (non-hydrogen) atoms. The van der Waals surface area contributed by atoms with Crippen LogP contribution in [0.5, 0.6) is 0 Å². The summed E-state index contributed by atoms with van der Waals surface area (Å²) >= 11 is 6.28. The number of allylic oxidation sites excluding steroid dienone is 4. The SMILES string of the molecule is CC1(C)CNCC[C@@H]1Nc1nc(-c2ccnc(Nc3ncccc3Cl)c2)nc2cncc(C3=CC=C3)c12. The third-order valence-corrected chi connectivity index (χ3v) is 7.24. The smallest absolute Gasteiger partial charge is 0.162 e. The Morgan fingerprint density at radius 2 is 1.97 bits per heavy atom. The van der Waals surface area contributed by atoms with Crippen LogP contribution in [0.3, 0.4) is 0 Å². The molecule has 0 radical (unpaired) electrons. The number of hydrogen-bond acceptors (Lipinski definition) is 8. The van der Waals surface area contributed by atoms with E-state index in [1.807, 2.05) is 24.4 Å². The predicted octanol–water partition coefficient (Wildman–Crippen LogP) is 5.63. The van der Waals surface area contributed by atoms with Gasteiger partial charge in [0.2, 0.25) is 0 Å². The van der Waals surface area contributed by atoms with Crippen LogP contribution in [-0.4, -0.2) is 44.1 Å². The van der Waals surface area contributed by atoms with E-state index < -0.39 is 0 Å². The molecule has 2 aliphatic rings. The minimum atomic E-state index is 0.0637. The van der Waals surface area contributed by atoms with Gasteiger partial charge in [-0.25, -0.2) is 19.9 Å². The van der Waals surface area contributed by atoms with Crippen molar-refractivity contribution in [1.29, 1.82) is 0 Å². The van der Waals surface area contributed by atoms with Crippen LogP contribution in [-0.2, 0) is 0 Å². The Morgan fingerprint density at radius 3 is 2.76 bits per heavy atom. The first-order valence-electron chi connectivity index (χ1n) is 12.3. The van der Waals surface area contributed by atoms with Crippen LogP contribution in [0.25, 0.3) is 27.9 Å². The van der Waals surface area contributed by atoms with Crippen LogP contribution >= 0.6 is 11.6 Å². The number of halogens is 1. The molecule has 186 valence electrons. The normalized spacial score (nSPS) is 18.2. The molecular weight excluding hydrogens is 484 g/mol. The molecule has 4 aromatic heterocycles. The van der Waals surface area contributed by atoms with E-state index in [0.717, 1.165) is 52.9 Å². The molecule has 0 spiro atoms. The van der Waals surface area contributed by atoms with Gasteiger partial charge in [-0.05, 0) is 48.2 Å². The van der Waals surface area contributed by atoms with E-state index in [4.69, 9.17) is 21.6 Å². The minimum absolute atomic E-state index is 0.0637. The lowest BCUT2D eigenvalue weighted by Gasteiger charge is -2.40. The highest BCUT2D eigenvalue weighted by molar-refractivity contribution is 6.33. The number of piperidine rings is 1. The van der Waals surface area contributed by atoms with Gasteiger partial charge in [0.1, 0.15) is 17.5 Å². The molecule has 0 amide bonds. The van der Waals surface area contributed by atoms with Crippen molar-refractivity contribution < 1.29 is 0 Å². The molecule has 6 rings (SSSR count). The Balaban J connectivity index is 1.44. The van der Waals surface area contributed by atoms with Crippen LogP contribution in [0.15, 0.2) is 67.3 Å².